The van der Waals surface area contributed by atoms with Crippen LogP contribution >= 0.6 is 28.3 Å². The molecule has 1 fully saturated rings. The fourth-order valence-electron chi connectivity index (χ4n) is 2.06. The Balaban J connectivity index is 0.00000242. The Morgan fingerprint density at radius 2 is 1.82 bits per heavy atom. The molecule has 3 N–H and O–H groups in total. The third kappa shape index (κ3) is 6.21. The van der Waals surface area contributed by atoms with Crippen molar-refractivity contribution >= 4 is 46.0 Å². The highest BCUT2D eigenvalue weighted by atomic mass is 79.9. The van der Waals surface area contributed by atoms with E-state index in [9.17, 15) is 9.59 Å². The zero-order valence-corrected chi connectivity index (χ0v) is 14.5. The summed E-state index contributed by atoms with van der Waals surface area (Å²) in [6.45, 7) is 3.49. The van der Waals surface area contributed by atoms with E-state index >= 15 is 0 Å². The number of halogens is 2. The van der Waals surface area contributed by atoms with Crippen LogP contribution < -0.4 is 16.0 Å². The van der Waals surface area contributed by atoms with Crippen molar-refractivity contribution in [1.82, 2.24) is 15.5 Å². The number of benzene rings is 1. The van der Waals surface area contributed by atoms with Crippen molar-refractivity contribution in [3.8, 4) is 0 Å². The van der Waals surface area contributed by atoms with Gasteiger partial charge in [-0.1, -0.05) is 15.9 Å². The first kappa shape index (κ1) is 18.7. The summed E-state index contributed by atoms with van der Waals surface area (Å²) in [6.07, 6.45) is 0.327. The first-order valence-electron chi connectivity index (χ1n) is 6.94. The van der Waals surface area contributed by atoms with Crippen molar-refractivity contribution in [3.05, 3.63) is 28.7 Å². The van der Waals surface area contributed by atoms with E-state index in [1.165, 1.54) is 0 Å². The predicted octanol–water partition coefficient (Wildman–Crippen LogP) is 1.81. The van der Waals surface area contributed by atoms with Crippen molar-refractivity contribution in [2.75, 3.05) is 38.0 Å². The number of nitrogens with one attached hydrogen (secondary N) is 3. The number of urea groups is 1. The van der Waals surface area contributed by atoms with E-state index in [0.29, 0.717) is 18.7 Å². The number of anilines is 1. The summed E-state index contributed by atoms with van der Waals surface area (Å²) < 4.78 is 0.954. The van der Waals surface area contributed by atoms with E-state index in [4.69, 9.17) is 0 Å². The first-order chi connectivity index (χ1) is 10.1. The van der Waals surface area contributed by atoms with Crippen LogP contribution in [0.1, 0.15) is 6.42 Å². The summed E-state index contributed by atoms with van der Waals surface area (Å²) >= 11 is 3.33. The largest absolute Gasteiger partial charge is 0.340 e. The van der Waals surface area contributed by atoms with Gasteiger partial charge < -0.3 is 20.9 Å². The number of hydrogen-bond donors (Lipinski definition) is 3. The van der Waals surface area contributed by atoms with Gasteiger partial charge in [0.05, 0.1) is 0 Å². The lowest BCUT2D eigenvalue weighted by Crippen LogP contribution is -2.47. The van der Waals surface area contributed by atoms with Crippen LogP contribution in [-0.2, 0) is 4.79 Å². The molecule has 22 heavy (non-hydrogen) atoms. The summed E-state index contributed by atoms with van der Waals surface area (Å²) in [4.78, 5) is 25.4. The molecule has 0 saturated carbocycles. The van der Waals surface area contributed by atoms with Gasteiger partial charge in [-0.3, -0.25) is 4.79 Å². The Bertz CT molecular complexity index is 492. The van der Waals surface area contributed by atoms with Gasteiger partial charge in [0.25, 0.3) is 0 Å². The molecule has 2 rings (SSSR count). The van der Waals surface area contributed by atoms with Crippen molar-refractivity contribution < 1.29 is 9.59 Å². The van der Waals surface area contributed by atoms with Gasteiger partial charge in [0.15, 0.2) is 0 Å². The third-order valence-corrected chi connectivity index (χ3v) is 3.72. The molecule has 0 bridgehead atoms. The molecule has 6 nitrogen and oxygen atoms in total. The molecule has 1 aromatic carbocycles. The molecule has 122 valence electrons. The van der Waals surface area contributed by atoms with Crippen LogP contribution in [-0.4, -0.2) is 49.6 Å². The van der Waals surface area contributed by atoms with Gasteiger partial charge in [-0.25, -0.2) is 4.79 Å². The zero-order chi connectivity index (χ0) is 15.1. The molecule has 1 aromatic rings. The third-order valence-electron chi connectivity index (χ3n) is 3.20. The molecule has 1 saturated heterocycles. The van der Waals surface area contributed by atoms with Crippen LogP contribution in [0.4, 0.5) is 10.5 Å². The Kier molecular flexibility index (Phi) is 8.22. The molecule has 0 atom stereocenters. The quantitative estimate of drug-likeness (QED) is 0.733. The van der Waals surface area contributed by atoms with Crippen LogP contribution in [0.2, 0.25) is 0 Å². The van der Waals surface area contributed by atoms with Gasteiger partial charge in [-0.05, 0) is 24.3 Å². The molecule has 0 unspecified atom stereocenters. The molecule has 0 aromatic heterocycles. The Labute approximate surface area is 144 Å². The number of amides is 3. The van der Waals surface area contributed by atoms with E-state index < -0.39 is 0 Å². The average molecular weight is 392 g/mol. The van der Waals surface area contributed by atoms with Crippen LogP contribution in [0.15, 0.2) is 28.7 Å². The summed E-state index contributed by atoms with van der Waals surface area (Å²) in [5, 5.41) is 8.61. The number of rotatable bonds is 4. The maximum Gasteiger partial charge on any atom is 0.319 e. The first-order valence-corrected chi connectivity index (χ1v) is 7.73. The lowest BCUT2D eigenvalue weighted by atomic mass is 10.3. The summed E-state index contributed by atoms with van der Waals surface area (Å²) in [5.41, 5.74) is 0.712. The summed E-state index contributed by atoms with van der Waals surface area (Å²) in [7, 11) is 0. The van der Waals surface area contributed by atoms with Crippen molar-refractivity contribution in [2.45, 2.75) is 6.42 Å². The molecular formula is C14H20BrClN4O2. The highest BCUT2D eigenvalue weighted by molar-refractivity contribution is 9.10. The molecule has 0 radical (unpaired) electrons. The van der Waals surface area contributed by atoms with E-state index in [2.05, 4.69) is 31.9 Å². The molecule has 1 heterocycles. The van der Waals surface area contributed by atoms with Crippen molar-refractivity contribution in [2.24, 2.45) is 0 Å². The molecule has 3 amide bonds. The lowest BCUT2D eigenvalue weighted by Gasteiger charge is -2.27. The summed E-state index contributed by atoms with van der Waals surface area (Å²) in [6, 6.07) is 7.00. The van der Waals surface area contributed by atoms with E-state index in [1.54, 1.807) is 12.1 Å². The van der Waals surface area contributed by atoms with Gasteiger partial charge >= 0.3 is 6.03 Å². The van der Waals surface area contributed by atoms with Gasteiger partial charge in [0, 0.05) is 49.3 Å². The van der Waals surface area contributed by atoms with Crippen molar-refractivity contribution in [3.63, 3.8) is 0 Å². The van der Waals surface area contributed by atoms with Crippen LogP contribution in [0, 0.1) is 0 Å². The molecule has 8 heteroatoms. The Morgan fingerprint density at radius 3 is 2.45 bits per heavy atom. The van der Waals surface area contributed by atoms with Crippen molar-refractivity contribution in [1.29, 1.82) is 0 Å². The second-order valence-corrected chi connectivity index (χ2v) is 5.68. The van der Waals surface area contributed by atoms with Crippen LogP contribution in [0.5, 0.6) is 0 Å². The summed E-state index contributed by atoms with van der Waals surface area (Å²) in [5.74, 6) is 0.0837. The predicted molar refractivity (Wildman–Crippen MR) is 92.5 cm³/mol. The number of piperazine rings is 1. The SMILES string of the molecule is Cl.O=C(NCCC(=O)N1CCNCC1)Nc1ccc(Br)cc1. The number of carbonyl (C=O) groups is 2. The number of nitrogens with zero attached hydrogens (tertiary/aromatic N) is 1. The second-order valence-electron chi connectivity index (χ2n) is 4.77. The Hall–Kier alpha value is -1.31. The minimum absolute atomic E-state index is 0. The van der Waals surface area contributed by atoms with Crippen LogP contribution in [0.25, 0.3) is 0 Å². The fourth-order valence-corrected chi connectivity index (χ4v) is 2.33. The highest BCUT2D eigenvalue weighted by Crippen LogP contribution is 2.13. The van der Waals surface area contributed by atoms with Gasteiger partial charge in [-0.2, -0.15) is 0 Å². The minimum Gasteiger partial charge on any atom is -0.340 e. The molecule has 0 aliphatic carbocycles. The molecular weight excluding hydrogens is 372 g/mol. The van der Waals surface area contributed by atoms with E-state index in [1.807, 2.05) is 17.0 Å². The van der Waals surface area contributed by atoms with Crippen LogP contribution in [0.3, 0.4) is 0 Å². The fraction of sp³-hybridized carbons (Fsp3) is 0.429. The highest BCUT2D eigenvalue weighted by Gasteiger charge is 2.15. The van der Waals surface area contributed by atoms with E-state index in [-0.39, 0.29) is 24.3 Å². The maximum atomic E-state index is 11.9. The zero-order valence-electron chi connectivity index (χ0n) is 12.1. The number of carbonyl (C=O) groups excluding carboxylic acids is 2. The van der Waals surface area contributed by atoms with Gasteiger partial charge in [0.2, 0.25) is 5.91 Å². The maximum absolute atomic E-state index is 11.9. The monoisotopic (exact) mass is 390 g/mol. The Morgan fingerprint density at radius 1 is 1.18 bits per heavy atom. The molecule has 1 aliphatic rings. The minimum atomic E-state index is -0.301. The van der Waals surface area contributed by atoms with Gasteiger partial charge in [-0.15, -0.1) is 12.4 Å². The molecule has 0 spiro atoms. The molecule has 1 aliphatic heterocycles. The second kappa shape index (κ2) is 9.66. The normalized spacial score (nSPS) is 14.0. The average Bonchev–Trinajstić information content (AvgIpc) is 2.50. The van der Waals surface area contributed by atoms with E-state index in [0.717, 1.165) is 30.7 Å². The topological polar surface area (TPSA) is 73.5 Å². The number of hydrogen-bond acceptors (Lipinski definition) is 3. The smallest absolute Gasteiger partial charge is 0.319 e. The lowest BCUT2D eigenvalue weighted by molar-refractivity contribution is -0.131. The van der Waals surface area contributed by atoms with Gasteiger partial charge in [0.1, 0.15) is 0 Å². The standard InChI is InChI=1S/C14H19BrN4O2.ClH/c15-11-1-3-12(4-2-11)18-14(21)17-6-5-13(20)19-9-7-16-8-10-19;/h1-4,16H,5-10H2,(H2,17,18,21);1H.